The SMILES string of the molecule is CCN(CCCO)CC(=O)Nc1ccc(N)cc1. The Bertz CT molecular complexity index is 365. The van der Waals surface area contributed by atoms with Gasteiger partial charge in [0.05, 0.1) is 6.54 Å². The van der Waals surface area contributed by atoms with E-state index in [-0.39, 0.29) is 12.5 Å². The molecule has 0 heterocycles. The van der Waals surface area contributed by atoms with Crippen molar-refractivity contribution in [3.8, 4) is 0 Å². The molecular formula is C13H21N3O2. The van der Waals surface area contributed by atoms with Gasteiger partial charge in [-0.15, -0.1) is 0 Å². The molecule has 0 radical (unpaired) electrons. The molecule has 0 aliphatic rings. The standard InChI is InChI=1S/C13H21N3O2/c1-2-16(8-3-9-17)10-13(18)15-12-6-4-11(14)5-7-12/h4-7,17H,2-3,8-10,14H2,1H3,(H,15,18). The lowest BCUT2D eigenvalue weighted by atomic mass is 10.3. The van der Waals surface area contributed by atoms with Gasteiger partial charge in [-0.05, 0) is 37.2 Å². The quantitative estimate of drug-likeness (QED) is 0.629. The van der Waals surface area contributed by atoms with Gasteiger partial charge in [-0.25, -0.2) is 0 Å². The topological polar surface area (TPSA) is 78.6 Å². The fourth-order valence-electron chi connectivity index (χ4n) is 1.61. The first-order chi connectivity index (χ1) is 8.65. The van der Waals surface area contributed by atoms with Crippen LogP contribution in [-0.2, 0) is 4.79 Å². The van der Waals surface area contributed by atoms with Gasteiger partial charge in [0.15, 0.2) is 0 Å². The molecule has 0 atom stereocenters. The van der Waals surface area contributed by atoms with Crippen LogP contribution in [0.4, 0.5) is 11.4 Å². The zero-order valence-corrected chi connectivity index (χ0v) is 10.7. The molecule has 0 aliphatic heterocycles. The van der Waals surface area contributed by atoms with Crippen LogP contribution < -0.4 is 11.1 Å². The number of aliphatic hydroxyl groups excluding tert-OH is 1. The number of hydrogen-bond donors (Lipinski definition) is 3. The first kappa shape index (κ1) is 14.5. The fraction of sp³-hybridized carbons (Fsp3) is 0.462. The zero-order valence-electron chi connectivity index (χ0n) is 10.7. The van der Waals surface area contributed by atoms with Crippen LogP contribution in [0.5, 0.6) is 0 Å². The minimum absolute atomic E-state index is 0.0560. The van der Waals surface area contributed by atoms with E-state index in [1.165, 1.54) is 0 Å². The molecule has 0 aromatic heterocycles. The Morgan fingerprint density at radius 2 is 2.06 bits per heavy atom. The zero-order chi connectivity index (χ0) is 13.4. The van der Waals surface area contributed by atoms with Gasteiger partial charge in [0.2, 0.25) is 5.91 Å². The summed E-state index contributed by atoms with van der Waals surface area (Å²) in [5.74, 6) is -0.0560. The van der Waals surface area contributed by atoms with E-state index in [0.717, 1.165) is 18.8 Å². The summed E-state index contributed by atoms with van der Waals surface area (Å²) >= 11 is 0. The molecular weight excluding hydrogens is 230 g/mol. The van der Waals surface area contributed by atoms with Gasteiger partial charge in [0.25, 0.3) is 0 Å². The van der Waals surface area contributed by atoms with E-state index in [9.17, 15) is 4.79 Å². The van der Waals surface area contributed by atoms with Crippen molar-refractivity contribution < 1.29 is 9.90 Å². The van der Waals surface area contributed by atoms with Gasteiger partial charge in [-0.1, -0.05) is 6.92 Å². The van der Waals surface area contributed by atoms with Crippen molar-refractivity contribution in [2.75, 3.05) is 37.3 Å². The Morgan fingerprint density at radius 1 is 1.39 bits per heavy atom. The maximum absolute atomic E-state index is 11.8. The van der Waals surface area contributed by atoms with Crippen molar-refractivity contribution in [1.82, 2.24) is 4.90 Å². The Balaban J connectivity index is 2.42. The highest BCUT2D eigenvalue weighted by atomic mass is 16.3. The van der Waals surface area contributed by atoms with Crippen molar-refractivity contribution in [2.45, 2.75) is 13.3 Å². The molecule has 100 valence electrons. The third-order valence-electron chi connectivity index (χ3n) is 2.64. The predicted octanol–water partition coefficient (Wildman–Crippen LogP) is 0.912. The van der Waals surface area contributed by atoms with Crippen molar-refractivity contribution in [3.05, 3.63) is 24.3 Å². The number of aliphatic hydroxyl groups is 1. The molecule has 1 aromatic carbocycles. The highest BCUT2D eigenvalue weighted by molar-refractivity contribution is 5.92. The van der Waals surface area contributed by atoms with E-state index >= 15 is 0 Å². The van der Waals surface area contributed by atoms with Gasteiger partial charge < -0.3 is 16.2 Å². The van der Waals surface area contributed by atoms with E-state index in [0.29, 0.717) is 18.7 Å². The van der Waals surface area contributed by atoms with Crippen LogP contribution in [0.1, 0.15) is 13.3 Å². The number of likely N-dealkylation sites (N-methyl/N-ethyl adjacent to an activating group) is 1. The Hall–Kier alpha value is -1.59. The summed E-state index contributed by atoms with van der Waals surface area (Å²) in [6.45, 7) is 3.99. The minimum atomic E-state index is -0.0560. The molecule has 5 heteroatoms. The van der Waals surface area contributed by atoms with Gasteiger partial charge in [-0.2, -0.15) is 0 Å². The number of nitrogens with two attached hydrogens (primary N) is 1. The Morgan fingerprint density at radius 3 is 2.61 bits per heavy atom. The van der Waals surface area contributed by atoms with Crippen LogP contribution in [0.15, 0.2) is 24.3 Å². The molecule has 1 aromatic rings. The fourth-order valence-corrected chi connectivity index (χ4v) is 1.61. The third-order valence-corrected chi connectivity index (χ3v) is 2.64. The lowest BCUT2D eigenvalue weighted by Crippen LogP contribution is -2.34. The predicted molar refractivity (Wildman–Crippen MR) is 73.3 cm³/mol. The largest absolute Gasteiger partial charge is 0.399 e. The molecule has 0 aliphatic carbocycles. The average molecular weight is 251 g/mol. The molecule has 0 fully saturated rings. The van der Waals surface area contributed by atoms with Gasteiger partial charge in [0.1, 0.15) is 0 Å². The van der Waals surface area contributed by atoms with Crippen LogP contribution >= 0.6 is 0 Å². The van der Waals surface area contributed by atoms with Crippen molar-refractivity contribution in [2.24, 2.45) is 0 Å². The molecule has 0 saturated heterocycles. The number of anilines is 2. The number of nitrogen functional groups attached to an aromatic ring is 1. The van der Waals surface area contributed by atoms with Crippen molar-refractivity contribution in [3.63, 3.8) is 0 Å². The smallest absolute Gasteiger partial charge is 0.238 e. The number of hydrogen-bond acceptors (Lipinski definition) is 4. The number of nitrogens with zero attached hydrogens (tertiary/aromatic N) is 1. The van der Waals surface area contributed by atoms with Crippen LogP contribution in [0.25, 0.3) is 0 Å². The van der Waals surface area contributed by atoms with Crippen LogP contribution in [0.3, 0.4) is 0 Å². The number of amides is 1. The summed E-state index contributed by atoms with van der Waals surface area (Å²) in [7, 11) is 0. The number of carbonyl (C=O) groups is 1. The van der Waals surface area contributed by atoms with Crippen molar-refractivity contribution in [1.29, 1.82) is 0 Å². The minimum Gasteiger partial charge on any atom is -0.399 e. The number of benzene rings is 1. The lowest BCUT2D eigenvalue weighted by Gasteiger charge is -2.19. The molecule has 0 spiro atoms. The van der Waals surface area contributed by atoms with E-state index in [1.54, 1.807) is 24.3 Å². The molecule has 1 amide bonds. The highest BCUT2D eigenvalue weighted by Crippen LogP contribution is 2.10. The summed E-state index contributed by atoms with van der Waals surface area (Å²) in [6.07, 6.45) is 0.684. The summed E-state index contributed by atoms with van der Waals surface area (Å²) in [5.41, 5.74) is 6.99. The molecule has 4 N–H and O–H groups in total. The molecule has 5 nitrogen and oxygen atoms in total. The lowest BCUT2D eigenvalue weighted by molar-refractivity contribution is -0.117. The maximum Gasteiger partial charge on any atom is 0.238 e. The molecule has 0 saturated carbocycles. The van der Waals surface area contributed by atoms with E-state index in [1.807, 2.05) is 11.8 Å². The molecule has 0 unspecified atom stereocenters. The maximum atomic E-state index is 11.8. The summed E-state index contributed by atoms with van der Waals surface area (Å²) in [4.78, 5) is 13.8. The first-order valence-corrected chi connectivity index (χ1v) is 6.14. The summed E-state index contributed by atoms with van der Waals surface area (Å²) in [5, 5.41) is 11.6. The monoisotopic (exact) mass is 251 g/mol. The van der Waals surface area contributed by atoms with Crippen LogP contribution in [0, 0.1) is 0 Å². The molecule has 1 rings (SSSR count). The van der Waals surface area contributed by atoms with Gasteiger partial charge in [-0.3, -0.25) is 9.69 Å². The highest BCUT2D eigenvalue weighted by Gasteiger charge is 2.08. The van der Waals surface area contributed by atoms with E-state index in [2.05, 4.69) is 5.32 Å². The normalized spacial score (nSPS) is 10.6. The second kappa shape index (κ2) is 7.68. The average Bonchev–Trinajstić information content (AvgIpc) is 2.37. The first-order valence-electron chi connectivity index (χ1n) is 6.14. The van der Waals surface area contributed by atoms with E-state index < -0.39 is 0 Å². The summed E-state index contributed by atoms with van der Waals surface area (Å²) < 4.78 is 0. The van der Waals surface area contributed by atoms with Gasteiger partial charge in [0, 0.05) is 24.5 Å². The second-order valence-corrected chi connectivity index (χ2v) is 4.12. The number of carbonyl (C=O) groups excluding carboxylic acids is 1. The third kappa shape index (κ3) is 5.16. The van der Waals surface area contributed by atoms with Crippen LogP contribution in [0.2, 0.25) is 0 Å². The van der Waals surface area contributed by atoms with E-state index in [4.69, 9.17) is 10.8 Å². The van der Waals surface area contributed by atoms with Crippen LogP contribution in [-0.4, -0.2) is 42.2 Å². The number of nitrogens with one attached hydrogen (secondary N) is 1. The molecule has 18 heavy (non-hydrogen) atoms. The summed E-state index contributed by atoms with van der Waals surface area (Å²) in [6, 6.07) is 7.05. The van der Waals surface area contributed by atoms with Gasteiger partial charge >= 0.3 is 0 Å². The molecule has 0 bridgehead atoms. The Kier molecular flexibility index (Phi) is 6.18. The second-order valence-electron chi connectivity index (χ2n) is 4.12. The number of rotatable bonds is 7. The Labute approximate surface area is 108 Å². The van der Waals surface area contributed by atoms with Crippen molar-refractivity contribution >= 4 is 17.3 Å².